The predicted octanol–water partition coefficient (Wildman–Crippen LogP) is 4.99. The molecule has 0 aliphatic rings. The SMILES string of the molecule is C=P(CC(/C=C(\C)C#CC(C)(C)C)=C(/C)C(=O)O)(NCC)c1ccc(C)cc1. The van der Waals surface area contributed by atoms with Crippen LogP contribution in [0.1, 0.15) is 47.1 Å². The summed E-state index contributed by atoms with van der Waals surface area (Å²) in [5, 5.41) is 14.3. The standard InChI is InChI=1S/C24H34NO2P/c1-9-25-28(8,22-12-10-18(2)11-13-22)17-21(20(4)23(26)27)16-19(3)14-15-24(5,6)7/h10-13,16,25H,8-9,17H2,1-7H3,(H,26,27)/b19-16+,21-20-. The van der Waals surface area contributed by atoms with E-state index in [2.05, 4.69) is 82.1 Å². The Kier molecular flexibility index (Phi) is 8.55. The second-order valence-corrected chi connectivity index (χ2v) is 11.3. The molecular weight excluding hydrogens is 365 g/mol. The highest BCUT2D eigenvalue weighted by Gasteiger charge is 2.20. The summed E-state index contributed by atoms with van der Waals surface area (Å²) < 4.78 is 0. The second-order valence-electron chi connectivity index (χ2n) is 8.26. The molecule has 1 aromatic rings. The van der Waals surface area contributed by atoms with Gasteiger partial charge in [0.15, 0.2) is 0 Å². The number of aliphatic carboxylic acids is 1. The number of benzene rings is 1. The van der Waals surface area contributed by atoms with E-state index in [0.717, 1.165) is 23.0 Å². The normalized spacial score (nSPS) is 15.2. The zero-order valence-electron chi connectivity index (χ0n) is 18.3. The molecule has 0 aromatic heterocycles. The number of aryl methyl sites for hydroxylation is 1. The van der Waals surface area contributed by atoms with Crippen LogP contribution in [0.25, 0.3) is 0 Å². The Labute approximate surface area is 171 Å². The van der Waals surface area contributed by atoms with Crippen molar-refractivity contribution in [3.63, 3.8) is 0 Å². The smallest absolute Gasteiger partial charge is 0.331 e. The average molecular weight is 400 g/mol. The fourth-order valence-corrected chi connectivity index (χ4v) is 5.37. The minimum Gasteiger partial charge on any atom is -0.478 e. The van der Waals surface area contributed by atoms with Gasteiger partial charge in [0.1, 0.15) is 0 Å². The number of carboxylic acid groups (broad SMARTS) is 1. The third kappa shape index (κ3) is 7.55. The molecule has 0 bridgehead atoms. The van der Waals surface area contributed by atoms with Crippen LogP contribution in [0, 0.1) is 24.2 Å². The molecule has 4 heteroatoms. The Balaban J connectivity index is 3.43. The van der Waals surface area contributed by atoms with Crippen LogP contribution in [0.4, 0.5) is 0 Å². The fourth-order valence-electron chi connectivity index (χ4n) is 2.66. The summed E-state index contributed by atoms with van der Waals surface area (Å²) in [6, 6.07) is 8.36. The lowest BCUT2D eigenvalue weighted by atomic mass is 9.97. The van der Waals surface area contributed by atoms with Crippen molar-refractivity contribution in [2.24, 2.45) is 5.41 Å². The van der Waals surface area contributed by atoms with E-state index in [-0.39, 0.29) is 5.41 Å². The van der Waals surface area contributed by atoms with E-state index in [9.17, 15) is 9.90 Å². The van der Waals surface area contributed by atoms with Crippen molar-refractivity contribution in [1.82, 2.24) is 5.09 Å². The summed E-state index contributed by atoms with van der Waals surface area (Å²) in [7, 11) is -2.01. The molecule has 0 saturated carbocycles. The molecule has 0 radical (unpaired) electrons. The third-order valence-corrected chi connectivity index (χ3v) is 7.35. The second kappa shape index (κ2) is 9.97. The topological polar surface area (TPSA) is 49.3 Å². The van der Waals surface area contributed by atoms with Crippen LogP contribution in [0.15, 0.2) is 47.1 Å². The van der Waals surface area contributed by atoms with Gasteiger partial charge in [0, 0.05) is 17.2 Å². The van der Waals surface area contributed by atoms with Gasteiger partial charge in [0.25, 0.3) is 0 Å². The van der Waals surface area contributed by atoms with Crippen molar-refractivity contribution >= 4 is 24.6 Å². The highest BCUT2D eigenvalue weighted by atomic mass is 31.2. The molecule has 3 nitrogen and oxygen atoms in total. The zero-order valence-corrected chi connectivity index (χ0v) is 19.2. The van der Waals surface area contributed by atoms with Gasteiger partial charge in [-0.1, -0.05) is 54.9 Å². The van der Waals surface area contributed by atoms with Crippen LogP contribution in [0.2, 0.25) is 0 Å². The van der Waals surface area contributed by atoms with Gasteiger partial charge in [-0.25, -0.2) is 4.79 Å². The number of nitrogens with one attached hydrogen (secondary N) is 1. The maximum absolute atomic E-state index is 11.7. The molecule has 1 aromatic carbocycles. The minimum absolute atomic E-state index is 0.102. The van der Waals surface area contributed by atoms with Crippen LogP contribution in [0.5, 0.6) is 0 Å². The Morgan fingerprint density at radius 2 is 1.82 bits per heavy atom. The van der Waals surface area contributed by atoms with Gasteiger partial charge < -0.3 is 5.11 Å². The first-order valence-electron chi connectivity index (χ1n) is 9.57. The highest BCUT2D eigenvalue weighted by molar-refractivity contribution is 7.79. The first kappa shape index (κ1) is 24.0. The number of carboxylic acids is 1. The lowest BCUT2D eigenvalue weighted by molar-refractivity contribution is -0.132. The fraction of sp³-hybridized carbons (Fsp3) is 0.417. The predicted molar refractivity (Wildman–Crippen MR) is 125 cm³/mol. The van der Waals surface area contributed by atoms with E-state index in [1.807, 2.05) is 13.0 Å². The summed E-state index contributed by atoms with van der Waals surface area (Å²) in [5.74, 6) is 5.47. The number of allylic oxidation sites excluding steroid dienone is 3. The first-order valence-corrected chi connectivity index (χ1v) is 11.7. The zero-order chi connectivity index (χ0) is 21.5. The molecule has 28 heavy (non-hydrogen) atoms. The molecule has 2 N–H and O–H groups in total. The summed E-state index contributed by atoms with van der Waals surface area (Å²) in [5.41, 5.74) is 3.07. The van der Waals surface area contributed by atoms with Crippen molar-refractivity contribution in [3.8, 4) is 11.8 Å². The number of carbonyl (C=O) groups is 1. The van der Waals surface area contributed by atoms with Gasteiger partial charge in [-0.15, -0.1) is 0 Å². The molecule has 1 atom stereocenters. The third-order valence-electron chi connectivity index (χ3n) is 4.26. The molecule has 0 fully saturated rings. The van der Waals surface area contributed by atoms with Crippen molar-refractivity contribution in [3.05, 3.63) is 52.6 Å². The van der Waals surface area contributed by atoms with Crippen LogP contribution >= 0.6 is 7.04 Å². The van der Waals surface area contributed by atoms with Crippen LogP contribution in [-0.2, 0) is 4.79 Å². The van der Waals surface area contributed by atoms with E-state index in [0.29, 0.717) is 11.7 Å². The van der Waals surface area contributed by atoms with Crippen LogP contribution < -0.4 is 10.4 Å². The molecule has 0 amide bonds. The molecule has 0 aliphatic carbocycles. The van der Waals surface area contributed by atoms with E-state index in [1.165, 1.54) is 5.56 Å². The Hall–Kier alpha value is -2.01. The van der Waals surface area contributed by atoms with E-state index >= 15 is 0 Å². The first-order chi connectivity index (χ1) is 12.9. The van der Waals surface area contributed by atoms with E-state index < -0.39 is 13.0 Å². The van der Waals surface area contributed by atoms with Gasteiger partial charge in [-0.05, 0) is 77.7 Å². The maximum Gasteiger partial charge on any atom is 0.331 e. The lowest BCUT2D eigenvalue weighted by Gasteiger charge is -2.27. The van der Waals surface area contributed by atoms with Gasteiger partial charge in [-0.2, -0.15) is 0 Å². The van der Waals surface area contributed by atoms with Crippen molar-refractivity contribution < 1.29 is 9.90 Å². The van der Waals surface area contributed by atoms with Gasteiger partial charge in [0.2, 0.25) is 0 Å². The molecular formula is C24H34NO2P. The molecule has 1 rings (SSSR count). The van der Waals surface area contributed by atoms with E-state index in [1.54, 1.807) is 6.92 Å². The van der Waals surface area contributed by atoms with Crippen molar-refractivity contribution in [2.75, 3.05) is 12.7 Å². The Morgan fingerprint density at radius 1 is 1.25 bits per heavy atom. The molecule has 0 saturated heterocycles. The van der Waals surface area contributed by atoms with Crippen molar-refractivity contribution in [1.29, 1.82) is 0 Å². The highest BCUT2D eigenvalue weighted by Crippen LogP contribution is 2.42. The molecule has 0 aliphatic heterocycles. The molecule has 1 unspecified atom stereocenters. The monoisotopic (exact) mass is 399 g/mol. The number of hydrogen-bond donors (Lipinski definition) is 2. The van der Waals surface area contributed by atoms with Crippen molar-refractivity contribution in [2.45, 2.75) is 48.5 Å². The number of rotatable bonds is 7. The molecule has 152 valence electrons. The lowest BCUT2D eigenvalue weighted by Crippen LogP contribution is -2.23. The Bertz CT molecular complexity index is 872. The van der Waals surface area contributed by atoms with Crippen LogP contribution in [0.3, 0.4) is 0 Å². The number of hydrogen-bond acceptors (Lipinski definition) is 2. The largest absolute Gasteiger partial charge is 0.478 e. The maximum atomic E-state index is 11.7. The van der Waals surface area contributed by atoms with E-state index in [4.69, 9.17) is 0 Å². The summed E-state index contributed by atoms with van der Waals surface area (Å²) >= 11 is 0. The summed E-state index contributed by atoms with van der Waals surface area (Å²) in [6.45, 7) is 14.6. The van der Waals surface area contributed by atoms with Gasteiger partial charge >= 0.3 is 5.97 Å². The minimum atomic E-state index is -2.01. The molecule has 0 spiro atoms. The molecule has 0 heterocycles. The van der Waals surface area contributed by atoms with Gasteiger partial charge in [0.05, 0.1) is 0 Å². The Morgan fingerprint density at radius 3 is 2.29 bits per heavy atom. The summed E-state index contributed by atoms with van der Waals surface area (Å²) in [4.78, 5) is 11.7. The van der Waals surface area contributed by atoms with Gasteiger partial charge in [-0.3, -0.25) is 5.09 Å². The summed E-state index contributed by atoms with van der Waals surface area (Å²) in [6.07, 6.45) is 7.02. The van der Waals surface area contributed by atoms with Crippen LogP contribution in [-0.4, -0.2) is 30.1 Å². The quantitative estimate of drug-likeness (QED) is 0.294. The average Bonchev–Trinajstić information content (AvgIpc) is 2.58.